The Labute approximate surface area is 213 Å². The number of hydrogen-bond acceptors (Lipinski definition) is 4. The minimum Gasteiger partial charge on any atom is -0.431 e. The standard InChI is InChI=1S/C29H26F3NO2S/c1-19(28-15-12-23(18-33)36-28)8-9-20(2)35-29(34)7-5-3-4-6-21-10-13-24(26(31)16-21)22-11-14-25(30)27(32)17-22/h8-17H,3-7H2,1-2H3/b19-8+,20-9+. The third-order valence-electron chi connectivity index (χ3n) is 5.56. The second kappa shape index (κ2) is 12.9. The Bertz CT molecular complexity index is 1330. The fraction of sp³-hybridized carbons (Fsp3) is 0.241. The van der Waals surface area contributed by atoms with Crippen LogP contribution in [0, 0.1) is 28.8 Å². The first kappa shape index (κ1) is 27.0. The molecule has 0 spiro atoms. The second-order valence-electron chi connectivity index (χ2n) is 8.38. The number of allylic oxidation sites excluding steroid dienone is 4. The molecule has 1 heterocycles. The van der Waals surface area contributed by atoms with Crippen LogP contribution in [-0.4, -0.2) is 5.97 Å². The van der Waals surface area contributed by atoms with Crippen molar-refractivity contribution in [2.45, 2.75) is 46.0 Å². The summed E-state index contributed by atoms with van der Waals surface area (Å²) in [6.45, 7) is 3.65. The summed E-state index contributed by atoms with van der Waals surface area (Å²) >= 11 is 1.41. The number of esters is 1. The minimum absolute atomic E-state index is 0.219. The summed E-state index contributed by atoms with van der Waals surface area (Å²) < 4.78 is 46.4. The number of nitriles is 1. The highest BCUT2D eigenvalue weighted by Crippen LogP contribution is 2.26. The van der Waals surface area contributed by atoms with Crippen molar-refractivity contribution in [3.63, 3.8) is 0 Å². The lowest BCUT2D eigenvalue weighted by molar-refractivity contribution is -0.139. The van der Waals surface area contributed by atoms with Crippen LogP contribution in [0.3, 0.4) is 0 Å². The third-order valence-corrected chi connectivity index (χ3v) is 6.68. The Morgan fingerprint density at radius 2 is 1.75 bits per heavy atom. The Morgan fingerprint density at radius 1 is 0.944 bits per heavy atom. The van der Waals surface area contributed by atoms with E-state index in [1.165, 1.54) is 23.5 Å². The van der Waals surface area contributed by atoms with Crippen molar-refractivity contribution in [1.82, 2.24) is 0 Å². The molecule has 0 aliphatic heterocycles. The molecule has 2 aromatic carbocycles. The summed E-state index contributed by atoms with van der Waals surface area (Å²) in [7, 11) is 0. The van der Waals surface area contributed by atoms with E-state index in [9.17, 15) is 18.0 Å². The van der Waals surface area contributed by atoms with Gasteiger partial charge >= 0.3 is 5.97 Å². The lowest BCUT2D eigenvalue weighted by Gasteiger charge is -2.08. The number of nitrogens with zero attached hydrogens (tertiary/aromatic N) is 1. The van der Waals surface area contributed by atoms with Crippen LogP contribution in [0.2, 0.25) is 0 Å². The van der Waals surface area contributed by atoms with Crippen molar-refractivity contribution in [3.8, 4) is 17.2 Å². The second-order valence-corrected chi connectivity index (χ2v) is 9.46. The SMILES string of the molecule is C/C(=C\C=C(/C)c1ccc(C#N)s1)OC(=O)CCCCCc1ccc(-c2ccc(F)c(F)c2)c(F)c1. The van der Waals surface area contributed by atoms with Gasteiger partial charge in [0, 0.05) is 16.9 Å². The lowest BCUT2D eigenvalue weighted by Crippen LogP contribution is -2.02. The Morgan fingerprint density at radius 3 is 2.44 bits per heavy atom. The summed E-state index contributed by atoms with van der Waals surface area (Å²) in [6.07, 6.45) is 6.73. The summed E-state index contributed by atoms with van der Waals surface area (Å²) in [6, 6.07) is 13.8. The summed E-state index contributed by atoms with van der Waals surface area (Å²) in [5.41, 5.74) is 2.28. The molecule has 0 aliphatic carbocycles. The Kier molecular flexibility index (Phi) is 9.66. The maximum Gasteiger partial charge on any atom is 0.310 e. The number of halogens is 3. The zero-order chi connectivity index (χ0) is 26.1. The van der Waals surface area contributed by atoms with Gasteiger partial charge < -0.3 is 4.74 Å². The van der Waals surface area contributed by atoms with Crippen molar-refractivity contribution in [3.05, 3.63) is 99.2 Å². The van der Waals surface area contributed by atoms with Crippen molar-refractivity contribution in [2.24, 2.45) is 0 Å². The van der Waals surface area contributed by atoms with Crippen LogP contribution in [0.25, 0.3) is 16.7 Å². The monoisotopic (exact) mass is 509 g/mol. The first-order valence-electron chi connectivity index (χ1n) is 11.6. The molecular formula is C29H26F3NO2S. The van der Waals surface area contributed by atoms with E-state index in [2.05, 4.69) is 6.07 Å². The molecule has 3 rings (SSSR count). The first-order chi connectivity index (χ1) is 17.3. The molecule has 3 aromatic rings. The predicted molar refractivity (Wildman–Crippen MR) is 136 cm³/mol. The van der Waals surface area contributed by atoms with E-state index < -0.39 is 17.5 Å². The van der Waals surface area contributed by atoms with E-state index in [0.717, 1.165) is 41.0 Å². The van der Waals surface area contributed by atoms with Crippen molar-refractivity contribution in [1.29, 1.82) is 5.26 Å². The van der Waals surface area contributed by atoms with Gasteiger partial charge in [-0.15, -0.1) is 11.3 Å². The molecule has 0 atom stereocenters. The van der Waals surface area contributed by atoms with Gasteiger partial charge in [0.15, 0.2) is 11.6 Å². The molecular weight excluding hydrogens is 483 g/mol. The van der Waals surface area contributed by atoms with Gasteiger partial charge in [-0.05, 0) is 86.2 Å². The molecule has 186 valence electrons. The Balaban J connectivity index is 1.40. The summed E-state index contributed by atoms with van der Waals surface area (Å²) in [5.74, 6) is -2.28. The molecule has 3 nitrogen and oxygen atoms in total. The number of aryl methyl sites for hydroxylation is 1. The highest BCUT2D eigenvalue weighted by Gasteiger charge is 2.10. The zero-order valence-corrected chi connectivity index (χ0v) is 20.9. The number of carbonyl (C=O) groups is 1. The van der Waals surface area contributed by atoms with Gasteiger partial charge in [0.05, 0.1) is 0 Å². The van der Waals surface area contributed by atoms with Gasteiger partial charge in [0.1, 0.15) is 22.5 Å². The summed E-state index contributed by atoms with van der Waals surface area (Å²) in [5, 5.41) is 8.92. The smallest absolute Gasteiger partial charge is 0.310 e. The largest absolute Gasteiger partial charge is 0.431 e. The van der Waals surface area contributed by atoms with E-state index in [1.54, 1.807) is 31.2 Å². The first-order valence-corrected chi connectivity index (χ1v) is 12.4. The van der Waals surface area contributed by atoms with E-state index >= 15 is 0 Å². The molecule has 36 heavy (non-hydrogen) atoms. The molecule has 1 aromatic heterocycles. The molecule has 0 amide bonds. The Hall–Kier alpha value is -3.63. The van der Waals surface area contributed by atoms with Gasteiger partial charge in [-0.2, -0.15) is 5.26 Å². The minimum atomic E-state index is -1.01. The molecule has 0 saturated carbocycles. The number of rotatable bonds is 10. The van der Waals surface area contributed by atoms with E-state index in [0.29, 0.717) is 23.5 Å². The quantitative estimate of drug-likeness (QED) is 0.119. The molecule has 0 aliphatic rings. The molecule has 0 fully saturated rings. The molecule has 0 saturated heterocycles. The van der Waals surface area contributed by atoms with Gasteiger partial charge in [-0.3, -0.25) is 4.79 Å². The lowest BCUT2D eigenvalue weighted by atomic mass is 10.00. The molecule has 0 N–H and O–H groups in total. The molecule has 0 bridgehead atoms. The van der Waals surface area contributed by atoms with Gasteiger partial charge in [0.2, 0.25) is 0 Å². The van der Waals surface area contributed by atoms with Crippen molar-refractivity contribution in [2.75, 3.05) is 0 Å². The maximum absolute atomic E-state index is 14.5. The van der Waals surface area contributed by atoms with Crippen LogP contribution in [0.4, 0.5) is 13.2 Å². The van der Waals surface area contributed by atoms with Crippen LogP contribution in [0.1, 0.15) is 54.8 Å². The summed E-state index contributed by atoms with van der Waals surface area (Å²) in [4.78, 5) is 13.7. The van der Waals surface area contributed by atoms with Crippen LogP contribution in [-0.2, 0) is 16.0 Å². The topological polar surface area (TPSA) is 50.1 Å². The van der Waals surface area contributed by atoms with Crippen LogP contribution in [0.15, 0.2) is 66.4 Å². The van der Waals surface area contributed by atoms with Crippen molar-refractivity contribution >= 4 is 22.9 Å². The molecule has 0 unspecified atom stereocenters. The van der Waals surface area contributed by atoms with E-state index in [4.69, 9.17) is 10.00 Å². The highest BCUT2D eigenvalue weighted by molar-refractivity contribution is 7.13. The molecule has 7 heteroatoms. The number of hydrogen-bond donors (Lipinski definition) is 0. The maximum atomic E-state index is 14.5. The van der Waals surface area contributed by atoms with Gasteiger partial charge in [0.25, 0.3) is 0 Å². The zero-order valence-electron chi connectivity index (χ0n) is 20.1. The number of thiophene rings is 1. The highest BCUT2D eigenvalue weighted by atomic mass is 32.1. The number of carbonyl (C=O) groups excluding carboxylic acids is 1. The number of unbranched alkanes of at least 4 members (excludes halogenated alkanes) is 2. The van der Waals surface area contributed by atoms with Crippen LogP contribution in [0.5, 0.6) is 0 Å². The van der Waals surface area contributed by atoms with Crippen LogP contribution >= 0.6 is 11.3 Å². The van der Waals surface area contributed by atoms with Gasteiger partial charge in [-0.1, -0.05) is 30.7 Å². The number of ether oxygens (including phenoxy) is 1. The normalized spacial score (nSPS) is 11.9. The number of benzene rings is 2. The van der Waals surface area contributed by atoms with E-state index in [1.807, 2.05) is 19.1 Å². The fourth-order valence-corrected chi connectivity index (χ4v) is 4.37. The van der Waals surface area contributed by atoms with Crippen molar-refractivity contribution < 1.29 is 22.7 Å². The fourth-order valence-electron chi connectivity index (χ4n) is 3.59. The molecule has 0 radical (unpaired) electrons. The average Bonchev–Trinajstić information content (AvgIpc) is 3.34. The average molecular weight is 510 g/mol. The van der Waals surface area contributed by atoms with Gasteiger partial charge in [-0.25, -0.2) is 13.2 Å². The predicted octanol–water partition coefficient (Wildman–Crippen LogP) is 8.36. The van der Waals surface area contributed by atoms with E-state index in [-0.39, 0.29) is 23.5 Å². The third kappa shape index (κ3) is 7.69. The van der Waals surface area contributed by atoms with Crippen LogP contribution < -0.4 is 0 Å².